The molecule has 0 fully saturated rings. The van der Waals surface area contributed by atoms with Gasteiger partial charge in [-0.1, -0.05) is 26.0 Å². The minimum absolute atomic E-state index is 0. The highest BCUT2D eigenvalue weighted by Crippen LogP contribution is 2.30. The fourth-order valence-corrected chi connectivity index (χ4v) is 1.84. The lowest BCUT2D eigenvalue weighted by atomic mass is 9.96. The Morgan fingerprint density at radius 2 is 1.77 bits per heavy atom. The third-order valence-electron chi connectivity index (χ3n) is 3.35. The van der Waals surface area contributed by atoms with E-state index in [-0.39, 0.29) is 36.6 Å². The highest BCUT2D eigenvalue weighted by molar-refractivity contribution is 5.85. The molecule has 0 aliphatic heterocycles. The van der Waals surface area contributed by atoms with E-state index in [4.69, 9.17) is 5.73 Å². The summed E-state index contributed by atoms with van der Waals surface area (Å²) in [5, 5.41) is 2.77. The molecule has 1 rings (SSSR count). The van der Waals surface area contributed by atoms with Crippen molar-refractivity contribution in [1.82, 2.24) is 5.32 Å². The van der Waals surface area contributed by atoms with Gasteiger partial charge in [0.25, 0.3) is 0 Å². The highest BCUT2D eigenvalue weighted by Gasteiger charge is 2.30. The van der Waals surface area contributed by atoms with Crippen molar-refractivity contribution in [2.24, 2.45) is 11.7 Å². The summed E-state index contributed by atoms with van der Waals surface area (Å²) in [6.07, 6.45) is -4.10. The molecule has 2 atom stereocenters. The Bertz CT molecular complexity index is 463. The van der Waals surface area contributed by atoms with Crippen LogP contribution in [0.3, 0.4) is 0 Å². The molecule has 0 saturated heterocycles. The summed E-state index contributed by atoms with van der Waals surface area (Å²) in [6.45, 7) is 4.75. The zero-order valence-corrected chi connectivity index (χ0v) is 13.4. The van der Waals surface area contributed by atoms with Gasteiger partial charge in [0.1, 0.15) is 0 Å². The number of nitrogens with one attached hydrogen (secondary N) is 1. The second-order valence-corrected chi connectivity index (χ2v) is 5.37. The quantitative estimate of drug-likeness (QED) is 0.836. The van der Waals surface area contributed by atoms with Gasteiger partial charge in [-0.25, -0.2) is 0 Å². The van der Waals surface area contributed by atoms with Gasteiger partial charge in [-0.05, 0) is 36.1 Å². The van der Waals surface area contributed by atoms with Crippen LogP contribution in [-0.4, -0.2) is 19.0 Å². The molecular formula is C15H22ClF3N2O. The standard InChI is InChI=1S/C15H21F3N2O.ClH/c1-10(8-19)9-20-14(21)7-11(2)12-3-5-13(6-4-12)15(16,17)18;/h3-6,10-11H,7-9,19H2,1-2H3,(H,20,21);1H. The lowest BCUT2D eigenvalue weighted by Gasteiger charge is -2.15. The summed E-state index contributed by atoms with van der Waals surface area (Å²) in [7, 11) is 0. The number of hydrogen-bond donors (Lipinski definition) is 2. The van der Waals surface area contributed by atoms with Crippen LogP contribution in [0, 0.1) is 5.92 Å². The first-order chi connectivity index (χ1) is 9.74. The Balaban J connectivity index is 0.00000441. The molecule has 22 heavy (non-hydrogen) atoms. The molecule has 0 bridgehead atoms. The van der Waals surface area contributed by atoms with Crippen molar-refractivity contribution in [2.75, 3.05) is 13.1 Å². The summed E-state index contributed by atoms with van der Waals surface area (Å²) in [5.41, 5.74) is 5.49. The van der Waals surface area contributed by atoms with E-state index in [1.807, 2.05) is 13.8 Å². The Kier molecular flexibility index (Phi) is 8.48. The number of carbonyl (C=O) groups excluding carboxylic acids is 1. The Morgan fingerprint density at radius 1 is 1.23 bits per heavy atom. The third kappa shape index (κ3) is 6.66. The topological polar surface area (TPSA) is 55.1 Å². The summed E-state index contributed by atoms with van der Waals surface area (Å²) < 4.78 is 37.4. The lowest BCUT2D eigenvalue weighted by molar-refractivity contribution is -0.137. The minimum Gasteiger partial charge on any atom is -0.356 e. The summed E-state index contributed by atoms with van der Waals surface area (Å²) in [5.74, 6) is -0.0570. The first-order valence-corrected chi connectivity index (χ1v) is 6.88. The van der Waals surface area contributed by atoms with E-state index in [0.717, 1.165) is 12.1 Å². The molecule has 0 aliphatic carbocycles. The molecule has 3 N–H and O–H groups in total. The molecule has 0 saturated carbocycles. The smallest absolute Gasteiger partial charge is 0.356 e. The second kappa shape index (κ2) is 9.00. The Hall–Kier alpha value is -1.27. The molecule has 0 aromatic heterocycles. The van der Waals surface area contributed by atoms with Crippen molar-refractivity contribution < 1.29 is 18.0 Å². The third-order valence-corrected chi connectivity index (χ3v) is 3.35. The number of hydrogen-bond acceptors (Lipinski definition) is 2. The molecule has 7 heteroatoms. The van der Waals surface area contributed by atoms with Crippen LogP contribution in [0.2, 0.25) is 0 Å². The number of alkyl halides is 3. The van der Waals surface area contributed by atoms with Gasteiger partial charge in [0.15, 0.2) is 0 Å². The van der Waals surface area contributed by atoms with Gasteiger partial charge in [-0.3, -0.25) is 4.79 Å². The van der Waals surface area contributed by atoms with E-state index in [2.05, 4.69) is 5.32 Å². The maximum atomic E-state index is 12.5. The lowest BCUT2D eigenvalue weighted by Crippen LogP contribution is -2.31. The van der Waals surface area contributed by atoms with E-state index in [1.165, 1.54) is 12.1 Å². The van der Waals surface area contributed by atoms with Crippen molar-refractivity contribution in [2.45, 2.75) is 32.4 Å². The van der Waals surface area contributed by atoms with Gasteiger partial charge in [0, 0.05) is 13.0 Å². The van der Waals surface area contributed by atoms with Gasteiger partial charge in [-0.2, -0.15) is 13.2 Å². The van der Waals surface area contributed by atoms with E-state index in [1.54, 1.807) is 0 Å². The molecule has 1 aromatic carbocycles. The SMILES string of the molecule is CC(CN)CNC(=O)CC(C)c1ccc(C(F)(F)F)cc1.Cl. The largest absolute Gasteiger partial charge is 0.416 e. The number of nitrogens with two attached hydrogens (primary N) is 1. The first kappa shape index (κ1) is 20.7. The van der Waals surface area contributed by atoms with Crippen LogP contribution in [0.25, 0.3) is 0 Å². The van der Waals surface area contributed by atoms with Crippen molar-refractivity contribution in [3.8, 4) is 0 Å². The zero-order valence-electron chi connectivity index (χ0n) is 12.6. The fraction of sp³-hybridized carbons (Fsp3) is 0.533. The predicted octanol–water partition coefficient (Wildman–Crippen LogP) is 3.33. The van der Waals surface area contributed by atoms with Crippen molar-refractivity contribution in [3.05, 3.63) is 35.4 Å². The van der Waals surface area contributed by atoms with Gasteiger partial charge in [-0.15, -0.1) is 12.4 Å². The van der Waals surface area contributed by atoms with Crippen LogP contribution in [0.5, 0.6) is 0 Å². The van der Waals surface area contributed by atoms with Crippen molar-refractivity contribution in [1.29, 1.82) is 0 Å². The number of carbonyl (C=O) groups is 1. The van der Waals surface area contributed by atoms with Crippen LogP contribution in [0.15, 0.2) is 24.3 Å². The summed E-state index contributed by atoms with van der Waals surface area (Å²) in [4.78, 5) is 11.7. The van der Waals surface area contributed by atoms with Crippen LogP contribution in [0.4, 0.5) is 13.2 Å². The van der Waals surface area contributed by atoms with Gasteiger partial charge < -0.3 is 11.1 Å². The average molecular weight is 339 g/mol. The number of benzene rings is 1. The first-order valence-electron chi connectivity index (χ1n) is 6.88. The molecule has 0 spiro atoms. The molecule has 1 aromatic rings. The number of halogens is 4. The highest BCUT2D eigenvalue weighted by atomic mass is 35.5. The molecule has 0 radical (unpaired) electrons. The maximum absolute atomic E-state index is 12.5. The van der Waals surface area contributed by atoms with Gasteiger partial charge in [0.05, 0.1) is 5.56 Å². The molecule has 0 aliphatic rings. The van der Waals surface area contributed by atoms with E-state index >= 15 is 0 Å². The Labute approximate surface area is 134 Å². The monoisotopic (exact) mass is 338 g/mol. The van der Waals surface area contributed by atoms with Crippen LogP contribution < -0.4 is 11.1 Å². The van der Waals surface area contributed by atoms with E-state index in [0.29, 0.717) is 18.7 Å². The van der Waals surface area contributed by atoms with Crippen LogP contribution in [0.1, 0.15) is 37.3 Å². The molecular weight excluding hydrogens is 317 g/mol. The van der Waals surface area contributed by atoms with Crippen molar-refractivity contribution >= 4 is 18.3 Å². The van der Waals surface area contributed by atoms with Crippen LogP contribution >= 0.6 is 12.4 Å². The normalized spacial score (nSPS) is 13.9. The summed E-state index contributed by atoms with van der Waals surface area (Å²) in [6, 6.07) is 4.92. The predicted molar refractivity (Wildman–Crippen MR) is 83.0 cm³/mol. The van der Waals surface area contributed by atoms with Crippen LogP contribution in [-0.2, 0) is 11.0 Å². The molecule has 0 heterocycles. The summed E-state index contributed by atoms with van der Waals surface area (Å²) >= 11 is 0. The molecule has 2 unspecified atom stereocenters. The minimum atomic E-state index is -4.34. The number of amides is 1. The van der Waals surface area contributed by atoms with Gasteiger partial charge in [0.2, 0.25) is 5.91 Å². The average Bonchev–Trinajstić information content (AvgIpc) is 2.43. The maximum Gasteiger partial charge on any atom is 0.416 e. The van der Waals surface area contributed by atoms with Gasteiger partial charge >= 0.3 is 6.18 Å². The van der Waals surface area contributed by atoms with Crippen molar-refractivity contribution in [3.63, 3.8) is 0 Å². The van der Waals surface area contributed by atoms with E-state index in [9.17, 15) is 18.0 Å². The van der Waals surface area contributed by atoms with E-state index < -0.39 is 11.7 Å². The molecule has 3 nitrogen and oxygen atoms in total. The second-order valence-electron chi connectivity index (χ2n) is 5.37. The molecule has 126 valence electrons. The fourth-order valence-electron chi connectivity index (χ4n) is 1.84. The Morgan fingerprint density at radius 3 is 2.23 bits per heavy atom. The number of rotatable bonds is 6. The zero-order chi connectivity index (χ0) is 16.0. The molecule has 1 amide bonds.